The molecule has 0 radical (unpaired) electrons. The number of halogens is 4. The van der Waals surface area contributed by atoms with Gasteiger partial charge in [0.2, 0.25) is 5.78 Å². The van der Waals surface area contributed by atoms with E-state index in [2.05, 4.69) is 15.9 Å². The normalized spacial score (nSPS) is 11.6. The lowest BCUT2D eigenvalue weighted by molar-refractivity contribution is -0.137. The molecule has 0 aliphatic rings. The SMILES string of the molecule is O=C(c1cccs1)c1ccc(Br)cc1C(F)(F)F. The molecule has 1 nitrogen and oxygen atoms in total. The number of ketones is 1. The van der Waals surface area contributed by atoms with E-state index in [1.54, 1.807) is 11.4 Å². The first-order chi connectivity index (χ1) is 8.39. The molecule has 0 bridgehead atoms. The Hall–Kier alpha value is -1.14. The lowest BCUT2D eigenvalue weighted by Crippen LogP contribution is -2.13. The van der Waals surface area contributed by atoms with Crippen LogP contribution >= 0.6 is 27.3 Å². The molecule has 0 amide bonds. The van der Waals surface area contributed by atoms with Crippen LogP contribution in [0.3, 0.4) is 0 Å². The number of hydrogen-bond donors (Lipinski definition) is 0. The van der Waals surface area contributed by atoms with Crippen LogP contribution in [0, 0.1) is 0 Å². The highest BCUT2D eigenvalue weighted by atomic mass is 79.9. The molecule has 1 aromatic heterocycles. The van der Waals surface area contributed by atoms with Gasteiger partial charge in [-0.25, -0.2) is 0 Å². The first-order valence-electron chi connectivity index (χ1n) is 4.84. The highest BCUT2D eigenvalue weighted by Gasteiger charge is 2.35. The van der Waals surface area contributed by atoms with Crippen molar-refractivity contribution >= 4 is 33.0 Å². The highest BCUT2D eigenvalue weighted by molar-refractivity contribution is 9.10. The molecule has 0 spiro atoms. The van der Waals surface area contributed by atoms with Gasteiger partial charge in [-0.15, -0.1) is 11.3 Å². The third kappa shape index (κ3) is 2.64. The molecule has 18 heavy (non-hydrogen) atoms. The molecule has 0 unspecified atom stereocenters. The average molecular weight is 335 g/mol. The molecule has 0 aliphatic carbocycles. The Morgan fingerprint density at radius 1 is 1.22 bits per heavy atom. The predicted molar refractivity (Wildman–Crippen MR) is 66.9 cm³/mol. The van der Waals surface area contributed by atoms with E-state index in [-0.39, 0.29) is 10.0 Å². The number of hydrogen-bond acceptors (Lipinski definition) is 2. The van der Waals surface area contributed by atoms with Gasteiger partial charge < -0.3 is 0 Å². The fraction of sp³-hybridized carbons (Fsp3) is 0.0833. The molecule has 0 fully saturated rings. The van der Waals surface area contributed by atoms with Crippen LogP contribution in [-0.2, 0) is 6.18 Å². The molecule has 1 aromatic carbocycles. The van der Waals surface area contributed by atoms with Crippen molar-refractivity contribution in [3.05, 3.63) is 56.2 Å². The van der Waals surface area contributed by atoms with Crippen molar-refractivity contribution in [1.82, 2.24) is 0 Å². The van der Waals surface area contributed by atoms with Crippen molar-refractivity contribution in [2.24, 2.45) is 0 Å². The minimum Gasteiger partial charge on any atom is -0.288 e. The smallest absolute Gasteiger partial charge is 0.288 e. The molecule has 0 aliphatic heterocycles. The van der Waals surface area contributed by atoms with Crippen LogP contribution in [0.25, 0.3) is 0 Å². The number of carbonyl (C=O) groups is 1. The van der Waals surface area contributed by atoms with Crippen LogP contribution in [0.5, 0.6) is 0 Å². The third-order valence-electron chi connectivity index (χ3n) is 2.28. The van der Waals surface area contributed by atoms with Crippen molar-refractivity contribution in [3.63, 3.8) is 0 Å². The molecule has 0 N–H and O–H groups in total. The van der Waals surface area contributed by atoms with Crippen molar-refractivity contribution < 1.29 is 18.0 Å². The summed E-state index contributed by atoms with van der Waals surface area (Å²) in [4.78, 5) is 12.3. The Labute approximate surface area is 113 Å². The zero-order valence-corrected chi connectivity index (χ0v) is 11.2. The Morgan fingerprint density at radius 2 is 1.94 bits per heavy atom. The maximum atomic E-state index is 12.9. The van der Waals surface area contributed by atoms with Crippen LogP contribution in [0.4, 0.5) is 13.2 Å². The lowest BCUT2D eigenvalue weighted by atomic mass is 10.0. The van der Waals surface area contributed by atoms with Crippen LogP contribution in [0.15, 0.2) is 40.2 Å². The summed E-state index contributed by atoms with van der Waals surface area (Å²) in [6.45, 7) is 0. The number of carbonyl (C=O) groups excluding carboxylic acids is 1. The van der Waals surface area contributed by atoms with Gasteiger partial charge in [-0.1, -0.05) is 22.0 Å². The van der Waals surface area contributed by atoms with Crippen molar-refractivity contribution in [2.75, 3.05) is 0 Å². The molecule has 6 heteroatoms. The monoisotopic (exact) mass is 334 g/mol. The van der Waals surface area contributed by atoms with Crippen molar-refractivity contribution in [3.8, 4) is 0 Å². The minimum absolute atomic E-state index is 0.289. The van der Waals surface area contributed by atoms with E-state index in [4.69, 9.17) is 0 Å². The summed E-state index contributed by atoms with van der Waals surface area (Å²) in [7, 11) is 0. The summed E-state index contributed by atoms with van der Waals surface area (Å²) in [6.07, 6.45) is -4.55. The maximum Gasteiger partial charge on any atom is 0.417 e. The summed E-state index contributed by atoms with van der Waals surface area (Å²) in [5, 5.41) is 1.65. The van der Waals surface area contributed by atoms with E-state index in [1.165, 1.54) is 18.2 Å². The second-order valence-corrected chi connectivity index (χ2v) is 5.36. The second kappa shape index (κ2) is 4.85. The summed E-state index contributed by atoms with van der Waals surface area (Å²) in [5.41, 5.74) is -1.25. The van der Waals surface area contributed by atoms with Crippen molar-refractivity contribution in [2.45, 2.75) is 6.18 Å². The van der Waals surface area contributed by atoms with Gasteiger partial charge in [-0.2, -0.15) is 13.2 Å². The summed E-state index contributed by atoms with van der Waals surface area (Å²) >= 11 is 4.10. The third-order valence-corrected chi connectivity index (χ3v) is 3.64. The quantitative estimate of drug-likeness (QED) is 0.723. The zero-order valence-electron chi connectivity index (χ0n) is 8.79. The molecule has 0 atom stereocenters. The van der Waals surface area contributed by atoms with Gasteiger partial charge in [-0.3, -0.25) is 4.79 Å². The Balaban J connectivity index is 2.55. The van der Waals surface area contributed by atoms with Gasteiger partial charge >= 0.3 is 6.18 Å². The molecule has 1 heterocycles. The van der Waals surface area contributed by atoms with Crippen LogP contribution < -0.4 is 0 Å². The molecular formula is C12H6BrF3OS. The van der Waals surface area contributed by atoms with E-state index < -0.39 is 17.5 Å². The maximum absolute atomic E-state index is 12.9. The largest absolute Gasteiger partial charge is 0.417 e. The number of alkyl halides is 3. The molecule has 94 valence electrons. The molecule has 2 aromatic rings. The minimum atomic E-state index is -4.55. The van der Waals surface area contributed by atoms with Gasteiger partial charge in [-0.05, 0) is 29.6 Å². The molecule has 0 saturated heterocycles. The highest BCUT2D eigenvalue weighted by Crippen LogP contribution is 2.35. The van der Waals surface area contributed by atoms with Gasteiger partial charge in [0.1, 0.15) is 0 Å². The molecule has 2 rings (SSSR count). The van der Waals surface area contributed by atoms with Crippen LogP contribution in [0.2, 0.25) is 0 Å². The molecular weight excluding hydrogens is 329 g/mol. The lowest BCUT2D eigenvalue weighted by Gasteiger charge is -2.11. The van der Waals surface area contributed by atoms with Gasteiger partial charge in [0.15, 0.2) is 0 Å². The Morgan fingerprint density at radius 3 is 2.50 bits per heavy atom. The number of thiophene rings is 1. The summed E-state index contributed by atoms with van der Waals surface area (Å²) < 4.78 is 38.9. The second-order valence-electron chi connectivity index (χ2n) is 3.49. The number of rotatable bonds is 2. The Bertz CT molecular complexity index is 576. The predicted octanol–water partition coefficient (Wildman–Crippen LogP) is 4.76. The first kappa shape index (κ1) is 13.3. The van der Waals surface area contributed by atoms with Crippen molar-refractivity contribution in [1.29, 1.82) is 0 Å². The standard InChI is InChI=1S/C12H6BrF3OS/c13-7-3-4-8(9(6-7)12(14,15)16)11(17)10-2-1-5-18-10/h1-6H. The fourth-order valence-corrected chi connectivity index (χ4v) is 2.53. The van der Waals surface area contributed by atoms with Crippen LogP contribution in [-0.4, -0.2) is 5.78 Å². The van der Waals surface area contributed by atoms with E-state index in [0.717, 1.165) is 17.4 Å². The molecule has 0 saturated carbocycles. The number of benzene rings is 1. The zero-order chi connectivity index (χ0) is 13.3. The summed E-state index contributed by atoms with van der Waals surface area (Å²) in [6, 6.07) is 6.67. The summed E-state index contributed by atoms with van der Waals surface area (Å²) in [5.74, 6) is -0.607. The van der Waals surface area contributed by atoms with Crippen LogP contribution in [0.1, 0.15) is 20.8 Å². The Kier molecular flexibility index (Phi) is 3.59. The first-order valence-corrected chi connectivity index (χ1v) is 6.52. The van der Waals surface area contributed by atoms with Gasteiger partial charge in [0.05, 0.1) is 10.4 Å². The topological polar surface area (TPSA) is 17.1 Å². The van der Waals surface area contributed by atoms with E-state index >= 15 is 0 Å². The van der Waals surface area contributed by atoms with E-state index in [9.17, 15) is 18.0 Å². The van der Waals surface area contributed by atoms with Gasteiger partial charge in [0, 0.05) is 10.0 Å². The van der Waals surface area contributed by atoms with E-state index in [1.807, 2.05) is 0 Å². The fourth-order valence-electron chi connectivity index (χ4n) is 1.49. The average Bonchev–Trinajstić information content (AvgIpc) is 2.80. The van der Waals surface area contributed by atoms with Gasteiger partial charge in [0.25, 0.3) is 0 Å². The van der Waals surface area contributed by atoms with E-state index in [0.29, 0.717) is 4.88 Å².